The Bertz CT molecular complexity index is 404. The topological polar surface area (TPSA) is 21.3 Å². The van der Waals surface area contributed by atoms with Crippen molar-refractivity contribution in [1.82, 2.24) is 0 Å². The summed E-state index contributed by atoms with van der Waals surface area (Å²) in [7, 11) is 0. The van der Waals surface area contributed by atoms with Crippen LogP contribution in [0.25, 0.3) is 0 Å². The molecule has 16 heavy (non-hydrogen) atoms. The molecule has 0 aliphatic carbocycles. The molecule has 0 unspecified atom stereocenters. The van der Waals surface area contributed by atoms with Gasteiger partial charge in [0.1, 0.15) is 5.75 Å². The van der Waals surface area contributed by atoms with Crippen LogP contribution < -0.4 is 10.1 Å². The minimum Gasteiger partial charge on any atom is -0.406 e. The van der Waals surface area contributed by atoms with Crippen molar-refractivity contribution < 1.29 is 17.9 Å². The van der Waals surface area contributed by atoms with Crippen molar-refractivity contribution >= 4 is 5.69 Å². The summed E-state index contributed by atoms with van der Waals surface area (Å²) < 4.78 is 39.5. The molecular formula is C11H10F3NO. The quantitative estimate of drug-likeness (QED) is 0.804. The van der Waals surface area contributed by atoms with Gasteiger partial charge in [-0.3, -0.25) is 0 Å². The van der Waals surface area contributed by atoms with Gasteiger partial charge in [-0.25, -0.2) is 0 Å². The van der Waals surface area contributed by atoms with Crippen molar-refractivity contribution in [3.8, 4) is 17.6 Å². The van der Waals surface area contributed by atoms with Crippen LogP contribution in [0.3, 0.4) is 0 Å². The molecule has 0 aromatic heterocycles. The Balaban J connectivity index is 2.66. The largest absolute Gasteiger partial charge is 0.573 e. The van der Waals surface area contributed by atoms with E-state index >= 15 is 0 Å². The van der Waals surface area contributed by atoms with E-state index in [0.29, 0.717) is 12.2 Å². The van der Waals surface area contributed by atoms with Crippen molar-refractivity contribution in [3.05, 3.63) is 24.3 Å². The Morgan fingerprint density at radius 3 is 2.75 bits per heavy atom. The lowest BCUT2D eigenvalue weighted by Gasteiger charge is -2.10. The Morgan fingerprint density at radius 1 is 1.38 bits per heavy atom. The third-order valence-electron chi connectivity index (χ3n) is 1.63. The SMILES string of the molecule is CC#CCNc1cccc(OC(F)(F)F)c1. The van der Waals surface area contributed by atoms with Gasteiger partial charge >= 0.3 is 6.36 Å². The minimum absolute atomic E-state index is 0.248. The van der Waals surface area contributed by atoms with Crippen molar-refractivity contribution in [3.63, 3.8) is 0 Å². The molecule has 0 heterocycles. The molecule has 86 valence electrons. The number of benzene rings is 1. The molecule has 1 N–H and O–H groups in total. The molecule has 0 aliphatic heterocycles. The molecule has 0 bridgehead atoms. The maximum absolute atomic E-state index is 11.9. The summed E-state index contributed by atoms with van der Waals surface area (Å²) in [5.41, 5.74) is 0.532. The molecule has 0 spiro atoms. The lowest BCUT2D eigenvalue weighted by molar-refractivity contribution is -0.274. The summed E-state index contributed by atoms with van der Waals surface area (Å²) in [6.45, 7) is 2.07. The fourth-order valence-electron chi connectivity index (χ4n) is 1.04. The Labute approximate surface area is 91.4 Å². The summed E-state index contributed by atoms with van der Waals surface area (Å²) in [6.07, 6.45) is -4.66. The van der Waals surface area contributed by atoms with Gasteiger partial charge in [-0.2, -0.15) is 0 Å². The van der Waals surface area contributed by atoms with E-state index in [4.69, 9.17) is 0 Å². The number of ether oxygens (including phenoxy) is 1. The van der Waals surface area contributed by atoms with E-state index < -0.39 is 6.36 Å². The Morgan fingerprint density at radius 2 is 2.12 bits per heavy atom. The van der Waals surface area contributed by atoms with Crippen LogP contribution in [-0.2, 0) is 0 Å². The third kappa shape index (κ3) is 4.60. The second kappa shape index (κ2) is 5.31. The average molecular weight is 229 g/mol. The van der Waals surface area contributed by atoms with Crippen LogP contribution in [0.1, 0.15) is 6.92 Å². The summed E-state index contributed by atoms with van der Waals surface area (Å²) in [4.78, 5) is 0. The molecular weight excluding hydrogens is 219 g/mol. The van der Waals surface area contributed by atoms with Crippen LogP contribution in [0, 0.1) is 11.8 Å². The van der Waals surface area contributed by atoms with E-state index in [-0.39, 0.29) is 5.75 Å². The molecule has 2 nitrogen and oxygen atoms in total. The molecule has 0 amide bonds. The van der Waals surface area contributed by atoms with Gasteiger partial charge in [0.05, 0.1) is 6.54 Å². The summed E-state index contributed by atoms with van der Waals surface area (Å²) in [5.74, 6) is 5.16. The molecule has 0 aliphatic rings. The molecule has 0 fully saturated rings. The first-order chi connectivity index (χ1) is 7.51. The van der Waals surface area contributed by atoms with Gasteiger partial charge in [-0.05, 0) is 19.1 Å². The van der Waals surface area contributed by atoms with Gasteiger partial charge in [-0.15, -0.1) is 19.1 Å². The van der Waals surface area contributed by atoms with Crippen LogP contribution >= 0.6 is 0 Å². The lowest BCUT2D eigenvalue weighted by Crippen LogP contribution is -2.17. The summed E-state index contributed by atoms with van der Waals surface area (Å²) in [6, 6.07) is 5.62. The normalized spacial score (nSPS) is 10.2. The van der Waals surface area contributed by atoms with E-state index in [1.165, 1.54) is 18.2 Å². The van der Waals surface area contributed by atoms with Gasteiger partial charge in [-0.1, -0.05) is 12.0 Å². The number of hydrogen-bond donors (Lipinski definition) is 1. The van der Waals surface area contributed by atoms with Crippen LogP contribution in [-0.4, -0.2) is 12.9 Å². The summed E-state index contributed by atoms with van der Waals surface area (Å²) >= 11 is 0. The molecule has 0 saturated carbocycles. The number of anilines is 1. The first-order valence-corrected chi connectivity index (χ1v) is 4.50. The molecule has 1 aromatic carbocycles. The zero-order valence-corrected chi connectivity index (χ0v) is 8.56. The number of nitrogens with one attached hydrogen (secondary N) is 1. The Kier molecular flexibility index (Phi) is 4.06. The monoisotopic (exact) mass is 229 g/mol. The smallest absolute Gasteiger partial charge is 0.406 e. The standard InChI is InChI=1S/C11H10F3NO/c1-2-3-7-15-9-5-4-6-10(8-9)16-11(12,13)14/h4-6,8,15H,7H2,1H3. The lowest BCUT2D eigenvalue weighted by atomic mass is 10.3. The van der Waals surface area contributed by atoms with E-state index in [1.807, 2.05) is 0 Å². The first-order valence-electron chi connectivity index (χ1n) is 4.50. The van der Waals surface area contributed by atoms with Gasteiger partial charge in [0, 0.05) is 11.8 Å². The second-order valence-electron chi connectivity index (χ2n) is 2.86. The molecule has 1 rings (SSSR count). The molecule has 5 heteroatoms. The van der Waals surface area contributed by atoms with Crippen molar-refractivity contribution in [2.45, 2.75) is 13.3 Å². The number of rotatable bonds is 3. The van der Waals surface area contributed by atoms with Crippen molar-refractivity contribution in [1.29, 1.82) is 0 Å². The van der Waals surface area contributed by atoms with Crippen LogP contribution in [0.4, 0.5) is 18.9 Å². The fraction of sp³-hybridized carbons (Fsp3) is 0.273. The third-order valence-corrected chi connectivity index (χ3v) is 1.63. The average Bonchev–Trinajstić information content (AvgIpc) is 2.16. The highest BCUT2D eigenvalue weighted by Gasteiger charge is 2.31. The van der Waals surface area contributed by atoms with E-state index in [0.717, 1.165) is 0 Å². The number of hydrogen-bond acceptors (Lipinski definition) is 2. The van der Waals surface area contributed by atoms with Gasteiger partial charge < -0.3 is 10.1 Å². The van der Waals surface area contributed by atoms with Crippen LogP contribution in [0.5, 0.6) is 5.75 Å². The minimum atomic E-state index is -4.66. The van der Waals surface area contributed by atoms with E-state index in [1.54, 1.807) is 13.0 Å². The molecule has 0 saturated heterocycles. The first kappa shape index (κ1) is 12.2. The predicted molar refractivity (Wildman–Crippen MR) is 55.1 cm³/mol. The predicted octanol–water partition coefficient (Wildman–Crippen LogP) is 3.02. The zero-order chi connectivity index (χ0) is 12.0. The molecule has 0 atom stereocenters. The van der Waals surface area contributed by atoms with Gasteiger partial charge in [0.25, 0.3) is 0 Å². The Hall–Kier alpha value is -1.83. The summed E-state index contributed by atoms with van der Waals surface area (Å²) in [5, 5.41) is 2.85. The molecule has 1 aromatic rings. The van der Waals surface area contributed by atoms with Gasteiger partial charge in [0.2, 0.25) is 0 Å². The van der Waals surface area contributed by atoms with Crippen LogP contribution in [0.2, 0.25) is 0 Å². The zero-order valence-electron chi connectivity index (χ0n) is 8.56. The number of halogens is 3. The molecule has 0 radical (unpaired) electrons. The number of alkyl halides is 3. The van der Waals surface area contributed by atoms with Crippen molar-refractivity contribution in [2.75, 3.05) is 11.9 Å². The highest BCUT2D eigenvalue weighted by atomic mass is 19.4. The van der Waals surface area contributed by atoms with Crippen molar-refractivity contribution in [2.24, 2.45) is 0 Å². The highest BCUT2D eigenvalue weighted by Crippen LogP contribution is 2.24. The fourth-order valence-corrected chi connectivity index (χ4v) is 1.04. The maximum Gasteiger partial charge on any atom is 0.573 e. The van der Waals surface area contributed by atoms with E-state index in [2.05, 4.69) is 21.9 Å². The van der Waals surface area contributed by atoms with E-state index in [9.17, 15) is 13.2 Å². The highest BCUT2D eigenvalue weighted by molar-refractivity contribution is 5.48. The van der Waals surface area contributed by atoms with Gasteiger partial charge in [0.15, 0.2) is 0 Å². The maximum atomic E-state index is 11.9. The second-order valence-corrected chi connectivity index (χ2v) is 2.86. The van der Waals surface area contributed by atoms with Crippen LogP contribution in [0.15, 0.2) is 24.3 Å².